The van der Waals surface area contributed by atoms with E-state index >= 15 is 0 Å². The Balaban J connectivity index is 2.58. The van der Waals surface area contributed by atoms with E-state index in [4.69, 9.17) is 0 Å². The molecule has 0 aliphatic heterocycles. The zero-order chi connectivity index (χ0) is 7.40. The fourth-order valence-electron chi connectivity index (χ4n) is 0.671. The molecule has 0 spiro atoms. The van der Waals surface area contributed by atoms with Crippen molar-refractivity contribution >= 4 is 12.1 Å². The minimum absolute atomic E-state index is 0.391. The van der Waals surface area contributed by atoms with Crippen molar-refractivity contribution in [2.45, 2.75) is 0 Å². The molecule has 1 aromatic heterocycles. The standard InChI is InChI=1S/C6H9N3O/c1-9(4-5-10)6-2-3-7-8-6/h2-3,5H,4H2,1H3,(H,7,8). The topological polar surface area (TPSA) is 49.0 Å². The number of hydrogen-bond donors (Lipinski definition) is 1. The van der Waals surface area contributed by atoms with Gasteiger partial charge < -0.3 is 9.69 Å². The van der Waals surface area contributed by atoms with Crippen molar-refractivity contribution < 1.29 is 4.79 Å². The third kappa shape index (κ3) is 1.34. The lowest BCUT2D eigenvalue weighted by Crippen LogP contribution is -2.19. The number of carbonyl (C=O) groups excluding carboxylic acids is 1. The lowest BCUT2D eigenvalue weighted by atomic mass is 10.5. The fraction of sp³-hybridized carbons (Fsp3) is 0.333. The normalized spacial score (nSPS) is 9.30. The van der Waals surface area contributed by atoms with Crippen LogP contribution in [0.2, 0.25) is 0 Å². The monoisotopic (exact) mass is 139 g/mol. The van der Waals surface area contributed by atoms with Crippen LogP contribution < -0.4 is 4.90 Å². The second-order valence-corrected chi connectivity index (χ2v) is 1.99. The molecule has 4 heteroatoms. The number of carbonyl (C=O) groups is 1. The van der Waals surface area contributed by atoms with Crippen LogP contribution in [0.25, 0.3) is 0 Å². The van der Waals surface area contributed by atoms with Crippen LogP contribution in [0.5, 0.6) is 0 Å². The van der Waals surface area contributed by atoms with Crippen molar-refractivity contribution in [1.29, 1.82) is 0 Å². The number of likely N-dealkylation sites (N-methyl/N-ethyl adjacent to an activating group) is 1. The average molecular weight is 139 g/mol. The summed E-state index contributed by atoms with van der Waals surface area (Å²) in [5.74, 6) is 0.854. The second-order valence-electron chi connectivity index (χ2n) is 1.99. The molecule has 4 nitrogen and oxygen atoms in total. The van der Waals surface area contributed by atoms with Crippen molar-refractivity contribution in [1.82, 2.24) is 10.2 Å². The Morgan fingerprint density at radius 2 is 2.70 bits per heavy atom. The van der Waals surface area contributed by atoms with Gasteiger partial charge in [0.25, 0.3) is 0 Å². The molecule has 10 heavy (non-hydrogen) atoms. The second kappa shape index (κ2) is 3.00. The highest BCUT2D eigenvalue weighted by atomic mass is 16.1. The molecule has 0 unspecified atom stereocenters. The maximum absolute atomic E-state index is 10.0. The van der Waals surface area contributed by atoms with Gasteiger partial charge in [0.15, 0.2) is 0 Å². The van der Waals surface area contributed by atoms with Gasteiger partial charge in [0, 0.05) is 13.1 Å². The highest BCUT2D eigenvalue weighted by molar-refractivity contribution is 5.58. The van der Waals surface area contributed by atoms with Crippen molar-refractivity contribution in [2.24, 2.45) is 0 Å². The molecular weight excluding hydrogens is 130 g/mol. The van der Waals surface area contributed by atoms with Gasteiger partial charge >= 0.3 is 0 Å². The Kier molecular flexibility index (Phi) is 2.04. The first-order valence-electron chi connectivity index (χ1n) is 2.98. The molecule has 1 heterocycles. The highest BCUT2D eigenvalue weighted by Crippen LogP contribution is 2.03. The van der Waals surface area contributed by atoms with Crippen LogP contribution >= 0.6 is 0 Å². The predicted octanol–water partition coefficient (Wildman–Crippen LogP) is 0.0448. The van der Waals surface area contributed by atoms with E-state index in [0.29, 0.717) is 6.54 Å². The maximum Gasteiger partial charge on any atom is 0.139 e. The van der Waals surface area contributed by atoms with Crippen LogP contribution in [0.1, 0.15) is 0 Å². The van der Waals surface area contributed by atoms with Gasteiger partial charge in [0.1, 0.15) is 12.1 Å². The Labute approximate surface area is 58.8 Å². The van der Waals surface area contributed by atoms with Gasteiger partial charge in [-0.05, 0) is 0 Å². The Hall–Kier alpha value is -1.32. The van der Waals surface area contributed by atoms with E-state index in [1.54, 1.807) is 11.1 Å². The fourth-order valence-corrected chi connectivity index (χ4v) is 0.671. The molecule has 0 radical (unpaired) electrons. The average Bonchev–Trinajstić information content (AvgIpc) is 2.38. The zero-order valence-electron chi connectivity index (χ0n) is 5.74. The van der Waals surface area contributed by atoms with Crippen molar-refractivity contribution in [3.8, 4) is 0 Å². The van der Waals surface area contributed by atoms with Gasteiger partial charge in [-0.3, -0.25) is 5.10 Å². The SMILES string of the molecule is CN(CC=O)c1ccn[nH]1. The molecule has 0 saturated heterocycles. The molecule has 1 N–H and O–H groups in total. The number of aromatic amines is 1. The number of nitrogens with zero attached hydrogens (tertiary/aromatic N) is 2. The smallest absolute Gasteiger partial charge is 0.139 e. The highest BCUT2D eigenvalue weighted by Gasteiger charge is 1.97. The van der Waals surface area contributed by atoms with Gasteiger partial charge in [-0.25, -0.2) is 0 Å². The molecule has 0 aliphatic rings. The predicted molar refractivity (Wildman–Crippen MR) is 37.9 cm³/mol. The summed E-state index contributed by atoms with van der Waals surface area (Å²) in [6, 6.07) is 1.81. The van der Waals surface area contributed by atoms with Crippen LogP contribution in [-0.2, 0) is 4.79 Å². The summed E-state index contributed by atoms with van der Waals surface area (Å²) in [6.07, 6.45) is 2.50. The maximum atomic E-state index is 10.0. The van der Waals surface area contributed by atoms with Gasteiger partial charge in [-0.2, -0.15) is 5.10 Å². The van der Waals surface area contributed by atoms with Gasteiger partial charge in [0.2, 0.25) is 0 Å². The molecule has 54 valence electrons. The largest absolute Gasteiger partial charge is 0.353 e. The van der Waals surface area contributed by atoms with Crippen molar-refractivity contribution in [2.75, 3.05) is 18.5 Å². The molecule has 0 aliphatic carbocycles. The first-order valence-corrected chi connectivity index (χ1v) is 2.98. The summed E-state index contributed by atoms with van der Waals surface area (Å²) in [5, 5.41) is 6.48. The van der Waals surface area contributed by atoms with Crippen molar-refractivity contribution in [3.05, 3.63) is 12.3 Å². The summed E-state index contributed by atoms with van der Waals surface area (Å²) in [7, 11) is 1.82. The van der Waals surface area contributed by atoms with Crippen LogP contribution in [-0.4, -0.2) is 30.1 Å². The molecule has 1 aromatic rings. The van der Waals surface area contributed by atoms with E-state index in [1.165, 1.54) is 0 Å². The first-order chi connectivity index (χ1) is 4.84. The molecule has 0 bridgehead atoms. The summed E-state index contributed by atoms with van der Waals surface area (Å²) in [4.78, 5) is 11.8. The Morgan fingerprint density at radius 1 is 1.90 bits per heavy atom. The van der Waals surface area contributed by atoms with E-state index < -0.39 is 0 Å². The third-order valence-electron chi connectivity index (χ3n) is 1.25. The molecule has 0 saturated carbocycles. The number of aromatic nitrogens is 2. The minimum Gasteiger partial charge on any atom is -0.353 e. The van der Waals surface area contributed by atoms with E-state index in [-0.39, 0.29) is 0 Å². The summed E-state index contributed by atoms with van der Waals surface area (Å²) >= 11 is 0. The van der Waals surface area contributed by atoms with Crippen LogP contribution in [0, 0.1) is 0 Å². The Bertz CT molecular complexity index is 195. The zero-order valence-corrected chi connectivity index (χ0v) is 5.74. The number of H-pyrrole nitrogens is 1. The van der Waals surface area contributed by atoms with Gasteiger partial charge in [-0.1, -0.05) is 0 Å². The lowest BCUT2D eigenvalue weighted by Gasteiger charge is -2.11. The van der Waals surface area contributed by atoms with E-state index in [9.17, 15) is 4.79 Å². The number of hydrogen-bond acceptors (Lipinski definition) is 3. The number of nitrogens with one attached hydrogen (secondary N) is 1. The van der Waals surface area contributed by atoms with E-state index in [2.05, 4.69) is 10.2 Å². The first kappa shape index (κ1) is 6.80. The van der Waals surface area contributed by atoms with Crippen LogP contribution in [0.15, 0.2) is 12.3 Å². The van der Waals surface area contributed by atoms with Gasteiger partial charge in [-0.15, -0.1) is 0 Å². The lowest BCUT2D eigenvalue weighted by molar-refractivity contribution is -0.106. The summed E-state index contributed by atoms with van der Waals surface area (Å²) < 4.78 is 0. The van der Waals surface area contributed by atoms with E-state index in [1.807, 2.05) is 13.1 Å². The summed E-state index contributed by atoms with van der Waals surface area (Å²) in [5.41, 5.74) is 0. The molecule has 0 fully saturated rings. The molecule has 0 aromatic carbocycles. The third-order valence-corrected chi connectivity index (χ3v) is 1.25. The number of rotatable bonds is 3. The molecule has 1 rings (SSSR count). The van der Waals surface area contributed by atoms with E-state index in [0.717, 1.165) is 12.1 Å². The number of anilines is 1. The van der Waals surface area contributed by atoms with Crippen LogP contribution in [0.3, 0.4) is 0 Å². The Morgan fingerprint density at radius 3 is 3.20 bits per heavy atom. The van der Waals surface area contributed by atoms with Crippen LogP contribution in [0.4, 0.5) is 5.82 Å². The minimum atomic E-state index is 0.391. The van der Waals surface area contributed by atoms with Crippen molar-refractivity contribution in [3.63, 3.8) is 0 Å². The molecular formula is C6H9N3O. The number of aldehydes is 1. The molecule has 0 amide bonds. The van der Waals surface area contributed by atoms with Gasteiger partial charge in [0.05, 0.1) is 12.7 Å². The molecule has 0 atom stereocenters. The summed E-state index contributed by atoms with van der Waals surface area (Å²) in [6.45, 7) is 0.391. The quantitative estimate of drug-likeness (QED) is 0.602.